The minimum atomic E-state index is -2.07. The summed E-state index contributed by atoms with van der Waals surface area (Å²) in [7, 11) is 0. The first-order chi connectivity index (χ1) is 17.1. The second kappa shape index (κ2) is 14.5. The largest absolute Gasteiger partial charge is 0.539 e. The van der Waals surface area contributed by atoms with Crippen LogP contribution in [0.5, 0.6) is 5.75 Å². The third-order valence-corrected chi connectivity index (χ3v) is 5.64. The number of aliphatic hydroxyl groups excluding tert-OH is 1. The van der Waals surface area contributed by atoms with Crippen LogP contribution in [0.15, 0.2) is 54.6 Å². The number of quaternary nitrogens is 1. The topological polar surface area (TPSA) is 142 Å². The summed E-state index contributed by atoms with van der Waals surface area (Å²) in [5.74, 6) is -3.20. The predicted molar refractivity (Wildman–Crippen MR) is 130 cm³/mol. The molecule has 9 heteroatoms. The highest BCUT2D eigenvalue weighted by Crippen LogP contribution is 2.24. The minimum Gasteiger partial charge on any atom is -0.539 e. The number of nitrogens with two attached hydrogens (primary N) is 1. The molecule has 2 aromatic rings. The Bertz CT molecular complexity index is 911. The van der Waals surface area contributed by atoms with E-state index in [2.05, 4.69) is 26.1 Å². The molecule has 0 saturated carbocycles. The monoisotopic (exact) mass is 503 g/mol. The van der Waals surface area contributed by atoms with Crippen molar-refractivity contribution in [2.75, 3.05) is 19.8 Å². The normalized spacial score (nSPS) is 16.8. The van der Waals surface area contributed by atoms with Crippen LogP contribution < -0.4 is 15.2 Å². The molecule has 1 heterocycles. The molecule has 0 aromatic heterocycles. The van der Waals surface area contributed by atoms with Crippen molar-refractivity contribution < 1.29 is 44.4 Å². The van der Waals surface area contributed by atoms with Gasteiger partial charge >= 0.3 is 5.97 Å². The molecular weight excluding hydrogens is 466 g/mol. The molecule has 198 valence electrons. The Morgan fingerprint density at radius 3 is 2.25 bits per heavy atom. The molecule has 0 amide bonds. The first-order valence-electron chi connectivity index (χ1n) is 12.0. The number of aliphatic hydroxyl groups is 1. The van der Waals surface area contributed by atoms with Crippen molar-refractivity contribution in [1.29, 1.82) is 0 Å². The van der Waals surface area contributed by atoms with E-state index in [-0.39, 0.29) is 17.7 Å². The number of carbonyl (C=O) groups excluding carboxylic acids is 1. The molecule has 2 aromatic carbocycles. The number of hydrogen-bond donors (Lipinski definition) is 3. The second-order valence-corrected chi connectivity index (χ2v) is 9.62. The summed E-state index contributed by atoms with van der Waals surface area (Å²) in [6, 6.07) is 17.9. The number of aliphatic carboxylic acids is 2. The van der Waals surface area contributed by atoms with Gasteiger partial charge in [0.2, 0.25) is 0 Å². The fourth-order valence-corrected chi connectivity index (χ4v) is 3.49. The molecule has 9 nitrogen and oxygen atoms in total. The molecule has 0 aliphatic carbocycles. The SMILES string of the molecule is CC([NH2+]CCCC1OCC(C)(C)CO1)C(O)c1ccc(OCc2ccccc2)cc1.O=C([O-])C(=O)O. The molecule has 2 unspecified atom stereocenters. The summed E-state index contributed by atoms with van der Waals surface area (Å²) in [4.78, 5) is 18.0. The van der Waals surface area contributed by atoms with Crippen molar-refractivity contribution in [2.24, 2.45) is 5.41 Å². The van der Waals surface area contributed by atoms with E-state index < -0.39 is 18.0 Å². The lowest BCUT2D eigenvalue weighted by Gasteiger charge is -2.34. The van der Waals surface area contributed by atoms with E-state index >= 15 is 0 Å². The molecule has 0 bridgehead atoms. The van der Waals surface area contributed by atoms with E-state index in [1.54, 1.807) is 0 Å². The summed E-state index contributed by atoms with van der Waals surface area (Å²) in [5, 5.41) is 29.2. The van der Waals surface area contributed by atoms with Crippen molar-refractivity contribution in [1.82, 2.24) is 0 Å². The van der Waals surface area contributed by atoms with Crippen LogP contribution in [-0.4, -0.2) is 54.2 Å². The van der Waals surface area contributed by atoms with Gasteiger partial charge in [0.05, 0.1) is 19.8 Å². The third-order valence-electron chi connectivity index (χ3n) is 5.64. The maximum atomic E-state index is 10.7. The zero-order chi connectivity index (χ0) is 26.6. The summed E-state index contributed by atoms with van der Waals surface area (Å²) in [6.45, 7) is 9.34. The van der Waals surface area contributed by atoms with Crippen molar-refractivity contribution in [3.05, 3.63) is 65.7 Å². The van der Waals surface area contributed by atoms with Gasteiger partial charge in [-0.1, -0.05) is 56.3 Å². The average Bonchev–Trinajstić information content (AvgIpc) is 2.87. The minimum absolute atomic E-state index is 0.0770. The number of carboxylic acid groups (broad SMARTS) is 2. The van der Waals surface area contributed by atoms with E-state index in [1.165, 1.54) is 0 Å². The summed E-state index contributed by atoms with van der Waals surface area (Å²) in [5.41, 5.74) is 2.16. The molecule has 4 N–H and O–H groups in total. The van der Waals surface area contributed by atoms with Gasteiger partial charge < -0.3 is 39.6 Å². The molecular formula is C27H37NO8. The number of carboxylic acids is 2. The highest BCUT2D eigenvalue weighted by Gasteiger charge is 2.28. The smallest absolute Gasteiger partial charge is 0.351 e. The van der Waals surface area contributed by atoms with Crippen LogP contribution in [0.1, 0.15) is 50.8 Å². The van der Waals surface area contributed by atoms with E-state index in [4.69, 9.17) is 34.0 Å². The molecule has 1 saturated heterocycles. The number of ether oxygens (including phenoxy) is 3. The molecule has 0 spiro atoms. The molecule has 2 atom stereocenters. The van der Waals surface area contributed by atoms with Crippen LogP contribution in [0.25, 0.3) is 0 Å². The second-order valence-electron chi connectivity index (χ2n) is 9.62. The molecule has 1 aliphatic heterocycles. The van der Waals surface area contributed by atoms with Crippen LogP contribution in [-0.2, 0) is 25.7 Å². The molecule has 1 fully saturated rings. The van der Waals surface area contributed by atoms with Crippen LogP contribution >= 0.6 is 0 Å². The Hall–Kier alpha value is -2.98. The van der Waals surface area contributed by atoms with Gasteiger partial charge in [0.15, 0.2) is 12.3 Å². The highest BCUT2D eigenvalue weighted by atomic mass is 16.7. The lowest BCUT2D eigenvalue weighted by atomic mass is 9.95. The predicted octanol–water partition coefficient (Wildman–Crippen LogP) is 1.25. The van der Waals surface area contributed by atoms with Gasteiger partial charge in [-0.15, -0.1) is 0 Å². The zero-order valence-electron chi connectivity index (χ0n) is 21.1. The number of hydrogen-bond acceptors (Lipinski definition) is 7. The van der Waals surface area contributed by atoms with Crippen LogP contribution in [0.3, 0.4) is 0 Å². The van der Waals surface area contributed by atoms with E-state index in [0.29, 0.717) is 6.61 Å². The fraction of sp³-hybridized carbons (Fsp3) is 0.481. The Balaban J connectivity index is 0.000000678. The van der Waals surface area contributed by atoms with Crippen molar-refractivity contribution in [3.63, 3.8) is 0 Å². The first kappa shape index (κ1) is 29.3. The lowest BCUT2D eigenvalue weighted by molar-refractivity contribution is -0.694. The Labute approximate surface area is 212 Å². The van der Waals surface area contributed by atoms with Crippen LogP contribution in [0.2, 0.25) is 0 Å². The highest BCUT2D eigenvalue weighted by molar-refractivity contribution is 6.26. The number of carbonyl (C=O) groups is 2. The Kier molecular flexibility index (Phi) is 11.8. The van der Waals surface area contributed by atoms with E-state index in [9.17, 15) is 5.11 Å². The zero-order valence-corrected chi connectivity index (χ0v) is 21.1. The molecule has 1 aliphatic rings. The van der Waals surface area contributed by atoms with Gasteiger partial charge in [0.1, 0.15) is 24.5 Å². The summed E-state index contributed by atoms with van der Waals surface area (Å²) in [6.07, 6.45) is 1.28. The van der Waals surface area contributed by atoms with E-state index in [1.807, 2.05) is 54.6 Å². The standard InChI is InChI=1S/C25H35NO4.C2H2O4/c1-19(26-15-7-10-23-29-17-25(2,3)18-30-23)24(27)21-11-13-22(14-12-21)28-16-20-8-5-4-6-9-20;3-1(4)2(5)6/h4-6,8-9,11-14,19,23-24,26-27H,7,10,15-18H2,1-3H3;(H,3,4)(H,5,6). The maximum absolute atomic E-state index is 10.7. The average molecular weight is 504 g/mol. The first-order valence-corrected chi connectivity index (χ1v) is 12.0. The van der Waals surface area contributed by atoms with Crippen LogP contribution in [0, 0.1) is 5.41 Å². The quantitative estimate of drug-likeness (QED) is 0.325. The van der Waals surface area contributed by atoms with Crippen LogP contribution in [0.4, 0.5) is 0 Å². The van der Waals surface area contributed by atoms with Gasteiger partial charge in [-0.3, -0.25) is 0 Å². The maximum Gasteiger partial charge on any atom is 0.351 e. The van der Waals surface area contributed by atoms with Gasteiger partial charge in [0.25, 0.3) is 0 Å². The molecule has 3 rings (SSSR count). The van der Waals surface area contributed by atoms with Gasteiger partial charge in [0, 0.05) is 18.3 Å². The Morgan fingerprint density at radius 1 is 1.11 bits per heavy atom. The summed E-state index contributed by atoms with van der Waals surface area (Å²) < 4.78 is 17.4. The van der Waals surface area contributed by atoms with Crippen molar-refractivity contribution in [2.45, 2.75) is 58.7 Å². The van der Waals surface area contributed by atoms with Gasteiger partial charge in [-0.2, -0.15) is 0 Å². The number of benzene rings is 2. The molecule has 0 radical (unpaired) electrons. The number of rotatable bonds is 10. The molecule has 36 heavy (non-hydrogen) atoms. The fourth-order valence-electron chi connectivity index (χ4n) is 3.49. The van der Waals surface area contributed by atoms with E-state index in [0.717, 1.165) is 49.5 Å². The van der Waals surface area contributed by atoms with Gasteiger partial charge in [-0.25, -0.2) is 4.79 Å². The van der Waals surface area contributed by atoms with Gasteiger partial charge in [-0.05, 0) is 30.2 Å². The van der Waals surface area contributed by atoms with Crippen molar-refractivity contribution >= 4 is 11.9 Å². The van der Waals surface area contributed by atoms with Crippen molar-refractivity contribution in [3.8, 4) is 5.75 Å². The Morgan fingerprint density at radius 2 is 1.69 bits per heavy atom. The third kappa shape index (κ3) is 10.7. The lowest BCUT2D eigenvalue weighted by Crippen LogP contribution is -2.90. The summed E-state index contributed by atoms with van der Waals surface area (Å²) >= 11 is 0.